The summed E-state index contributed by atoms with van der Waals surface area (Å²) >= 11 is 0. The zero-order chi connectivity index (χ0) is 15.7. The van der Waals surface area contributed by atoms with Gasteiger partial charge in [-0.1, -0.05) is 36.4 Å². The molecule has 0 aromatic heterocycles. The van der Waals surface area contributed by atoms with Gasteiger partial charge in [-0.2, -0.15) is 0 Å². The molecule has 0 bridgehead atoms. The van der Waals surface area contributed by atoms with Gasteiger partial charge < -0.3 is 5.11 Å². The third-order valence-corrected chi connectivity index (χ3v) is 3.47. The second-order valence-electron chi connectivity index (χ2n) is 4.81. The number of nitrogens with one attached hydrogen (secondary N) is 1. The molecular weight excluding hydrogens is 284 g/mol. The van der Waals surface area contributed by atoms with E-state index in [0.29, 0.717) is 5.69 Å². The summed E-state index contributed by atoms with van der Waals surface area (Å²) in [4.78, 5) is 36.0. The highest BCUT2D eigenvalue weighted by atomic mass is 16.4. The molecule has 1 aliphatic rings. The topological polar surface area (TPSA) is 86.7 Å². The van der Waals surface area contributed by atoms with Crippen molar-refractivity contribution >= 4 is 23.5 Å². The molecule has 1 aliphatic heterocycles. The molecule has 0 spiro atoms. The quantitative estimate of drug-likeness (QED) is 0.841. The second kappa shape index (κ2) is 5.33. The molecule has 1 saturated heterocycles. The maximum Gasteiger partial charge on any atom is 0.336 e. The van der Waals surface area contributed by atoms with Gasteiger partial charge in [-0.3, -0.25) is 15.0 Å². The minimum atomic E-state index is -1.17. The highest BCUT2D eigenvalue weighted by molar-refractivity contribution is 6.19. The molecule has 2 aromatic rings. The average Bonchev–Trinajstić information content (AvgIpc) is 2.83. The number of amides is 2. The molecule has 1 heterocycles. The lowest BCUT2D eigenvalue weighted by atomic mass is 9.93. The maximum atomic E-state index is 12.5. The molecule has 0 saturated carbocycles. The van der Waals surface area contributed by atoms with E-state index in [-0.39, 0.29) is 11.1 Å². The van der Waals surface area contributed by atoms with Crippen molar-refractivity contribution in [3.8, 4) is 0 Å². The first-order valence-electron chi connectivity index (χ1n) is 6.61. The first-order chi connectivity index (χ1) is 10.6. The number of hydrogen-bond acceptors (Lipinski definition) is 3. The van der Waals surface area contributed by atoms with Crippen LogP contribution in [0.15, 0.2) is 54.6 Å². The molecule has 0 radical (unpaired) electrons. The summed E-state index contributed by atoms with van der Waals surface area (Å²) in [6.45, 7) is 0. The molecule has 110 valence electrons. The number of hydrazine groups is 1. The minimum absolute atomic E-state index is 0.0501. The highest BCUT2D eigenvalue weighted by Gasteiger charge is 2.42. The van der Waals surface area contributed by atoms with Crippen LogP contribution in [0.5, 0.6) is 0 Å². The zero-order valence-corrected chi connectivity index (χ0v) is 11.4. The van der Waals surface area contributed by atoms with Gasteiger partial charge >= 0.3 is 5.97 Å². The van der Waals surface area contributed by atoms with Crippen molar-refractivity contribution in [1.82, 2.24) is 5.43 Å². The summed E-state index contributed by atoms with van der Waals surface area (Å²) in [5.41, 5.74) is 3.15. The first-order valence-corrected chi connectivity index (χ1v) is 6.61. The molecule has 3 rings (SSSR count). The third kappa shape index (κ3) is 2.20. The summed E-state index contributed by atoms with van der Waals surface area (Å²) in [6, 6.07) is 14.7. The van der Waals surface area contributed by atoms with Crippen LogP contribution in [0.1, 0.15) is 21.8 Å². The van der Waals surface area contributed by atoms with Crippen molar-refractivity contribution in [3.63, 3.8) is 0 Å². The van der Waals surface area contributed by atoms with E-state index >= 15 is 0 Å². The minimum Gasteiger partial charge on any atom is -0.478 e. The van der Waals surface area contributed by atoms with Gasteiger partial charge in [0.25, 0.3) is 11.8 Å². The van der Waals surface area contributed by atoms with Crippen molar-refractivity contribution in [3.05, 3.63) is 65.7 Å². The number of aromatic carboxylic acids is 1. The van der Waals surface area contributed by atoms with E-state index in [1.807, 2.05) is 0 Å². The van der Waals surface area contributed by atoms with Gasteiger partial charge in [0.05, 0.1) is 11.3 Å². The van der Waals surface area contributed by atoms with Gasteiger partial charge in [-0.25, -0.2) is 9.80 Å². The molecule has 6 nitrogen and oxygen atoms in total. The number of rotatable bonds is 3. The van der Waals surface area contributed by atoms with Crippen LogP contribution in [-0.4, -0.2) is 22.9 Å². The van der Waals surface area contributed by atoms with E-state index in [4.69, 9.17) is 0 Å². The van der Waals surface area contributed by atoms with Crippen molar-refractivity contribution < 1.29 is 19.5 Å². The summed E-state index contributed by atoms with van der Waals surface area (Å²) in [6.07, 6.45) is 0. The Balaban J connectivity index is 2.01. The summed E-state index contributed by atoms with van der Waals surface area (Å²) in [7, 11) is 0. The molecule has 22 heavy (non-hydrogen) atoms. The van der Waals surface area contributed by atoms with Crippen LogP contribution in [0.3, 0.4) is 0 Å². The number of hydrogen-bond donors (Lipinski definition) is 2. The lowest BCUT2D eigenvalue weighted by molar-refractivity contribution is -0.124. The Hall–Kier alpha value is -3.15. The van der Waals surface area contributed by atoms with Crippen LogP contribution >= 0.6 is 0 Å². The van der Waals surface area contributed by atoms with Crippen molar-refractivity contribution in [1.29, 1.82) is 0 Å². The van der Waals surface area contributed by atoms with Gasteiger partial charge in [0.1, 0.15) is 5.92 Å². The van der Waals surface area contributed by atoms with E-state index in [2.05, 4.69) is 5.43 Å². The van der Waals surface area contributed by atoms with Crippen LogP contribution in [0.4, 0.5) is 5.69 Å². The Kier molecular flexibility index (Phi) is 3.34. The molecule has 1 unspecified atom stereocenters. The summed E-state index contributed by atoms with van der Waals surface area (Å²) in [5.74, 6) is -3.37. The smallest absolute Gasteiger partial charge is 0.336 e. The van der Waals surface area contributed by atoms with Gasteiger partial charge in [0, 0.05) is 0 Å². The zero-order valence-electron chi connectivity index (χ0n) is 11.4. The molecule has 1 fully saturated rings. The van der Waals surface area contributed by atoms with Gasteiger partial charge in [0.15, 0.2) is 0 Å². The normalized spacial score (nSPS) is 17.5. The molecule has 1 atom stereocenters. The Bertz CT molecular complexity index is 758. The van der Waals surface area contributed by atoms with Crippen molar-refractivity contribution in [2.75, 3.05) is 5.01 Å². The molecule has 6 heteroatoms. The number of carbonyl (C=O) groups is 3. The molecule has 2 amide bonds. The Morgan fingerprint density at radius 2 is 1.64 bits per heavy atom. The Morgan fingerprint density at radius 3 is 2.32 bits per heavy atom. The third-order valence-electron chi connectivity index (χ3n) is 3.47. The predicted octanol–water partition coefficient (Wildman–Crippen LogP) is 1.55. The van der Waals surface area contributed by atoms with Crippen LogP contribution < -0.4 is 10.4 Å². The van der Waals surface area contributed by atoms with Gasteiger partial charge in [-0.05, 0) is 23.8 Å². The lowest BCUT2D eigenvalue weighted by Gasteiger charge is -2.15. The van der Waals surface area contributed by atoms with E-state index in [1.165, 1.54) is 12.1 Å². The fourth-order valence-corrected chi connectivity index (χ4v) is 2.46. The van der Waals surface area contributed by atoms with Crippen LogP contribution in [-0.2, 0) is 9.59 Å². The lowest BCUT2D eigenvalue weighted by Crippen LogP contribution is -2.35. The first kappa shape index (κ1) is 13.8. The molecule has 2 N–H and O–H groups in total. The van der Waals surface area contributed by atoms with Crippen LogP contribution in [0, 0.1) is 0 Å². The number of nitrogens with zero attached hydrogens (tertiary/aromatic N) is 1. The Morgan fingerprint density at radius 1 is 1.00 bits per heavy atom. The summed E-state index contributed by atoms with van der Waals surface area (Å²) in [5, 5.41) is 10.4. The molecule has 2 aromatic carbocycles. The van der Waals surface area contributed by atoms with Gasteiger partial charge in [0.2, 0.25) is 0 Å². The second-order valence-corrected chi connectivity index (χ2v) is 4.81. The number of benzene rings is 2. The largest absolute Gasteiger partial charge is 0.478 e. The van der Waals surface area contributed by atoms with E-state index in [1.54, 1.807) is 42.5 Å². The van der Waals surface area contributed by atoms with Crippen molar-refractivity contribution in [2.45, 2.75) is 5.92 Å². The van der Waals surface area contributed by atoms with Crippen molar-refractivity contribution in [2.24, 2.45) is 0 Å². The fraction of sp³-hybridized carbons (Fsp3) is 0.0625. The van der Waals surface area contributed by atoms with Crippen LogP contribution in [0.2, 0.25) is 0 Å². The van der Waals surface area contributed by atoms with E-state index in [9.17, 15) is 19.5 Å². The SMILES string of the molecule is O=C(O)c1ccccc1C1C(=O)NN(c2ccccc2)C1=O. The van der Waals surface area contributed by atoms with E-state index < -0.39 is 23.7 Å². The van der Waals surface area contributed by atoms with Crippen LogP contribution in [0.25, 0.3) is 0 Å². The van der Waals surface area contributed by atoms with E-state index in [0.717, 1.165) is 5.01 Å². The highest BCUT2D eigenvalue weighted by Crippen LogP contribution is 2.29. The average molecular weight is 296 g/mol. The van der Waals surface area contributed by atoms with Gasteiger partial charge in [-0.15, -0.1) is 0 Å². The molecule has 0 aliphatic carbocycles. The number of carboxylic acids is 1. The Labute approximate surface area is 126 Å². The standard InChI is InChI=1S/C16H12N2O4/c19-14-13(11-8-4-5-9-12(11)16(21)22)15(20)18(17-14)10-6-2-1-3-7-10/h1-9,13H,(H,17,19)(H,21,22). The number of anilines is 1. The molecular formula is C16H12N2O4. The number of para-hydroxylation sites is 1. The summed E-state index contributed by atoms with van der Waals surface area (Å²) < 4.78 is 0. The number of carbonyl (C=O) groups excluding carboxylic acids is 2. The predicted molar refractivity (Wildman–Crippen MR) is 78.2 cm³/mol. The number of carboxylic acid groups (broad SMARTS) is 1. The maximum absolute atomic E-state index is 12.5. The fourth-order valence-electron chi connectivity index (χ4n) is 2.46. The monoisotopic (exact) mass is 296 g/mol.